The molecule has 0 aliphatic carbocycles. The maximum atomic E-state index is 9.44. The predicted molar refractivity (Wildman–Crippen MR) is 58.2 cm³/mol. The van der Waals surface area contributed by atoms with Gasteiger partial charge in [-0.25, -0.2) is 0 Å². The molecule has 0 saturated carbocycles. The molecule has 0 aromatic rings. The van der Waals surface area contributed by atoms with E-state index >= 15 is 0 Å². The molecule has 0 heterocycles. The number of imide groups is 1. The number of carbonyl (C=O) groups is 2. The van der Waals surface area contributed by atoms with Gasteiger partial charge in [0.05, 0.1) is 0 Å². The van der Waals surface area contributed by atoms with Crippen LogP contribution in [0.15, 0.2) is 0 Å². The Hall–Kier alpha value is -1.03. The van der Waals surface area contributed by atoms with Gasteiger partial charge in [-0.3, -0.25) is 0 Å². The molecular weight excluding hydrogens is 219 g/mol. The van der Waals surface area contributed by atoms with E-state index in [1.807, 2.05) is 0 Å². The van der Waals surface area contributed by atoms with E-state index in [4.69, 9.17) is 15.7 Å². The van der Waals surface area contributed by atoms with Crippen LogP contribution in [0.2, 0.25) is 0 Å². The smallest absolute Gasteiger partial charge is 0.481 e. The van der Waals surface area contributed by atoms with Gasteiger partial charge < -0.3 is 15.7 Å². The Morgan fingerprint density at radius 3 is 1.33 bits per heavy atom. The molecule has 0 aliphatic rings. The Bertz CT molecular complexity index is 207. The molecule has 88 valence electrons. The molecule has 0 atom stereocenters. The fourth-order valence-corrected chi connectivity index (χ4v) is 2.09. The molecule has 0 saturated heterocycles. The number of carboxylic acid groups (broad SMARTS) is 2. The number of rotatable bonds is 3. The summed E-state index contributed by atoms with van der Waals surface area (Å²) >= 11 is 0. The molecule has 0 unspecified atom stereocenters. The lowest BCUT2D eigenvalue weighted by molar-refractivity contribution is -0.383. The molecule has 15 heavy (non-hydrogen) atoms. The highest BCUT2D eigenvalue weighted by molar-refractivity contribution is 7.57. The van der Waals surface area contributed by atoms with Crippen LogP contribution in [-0.4, -0.2) is 45.6 Å². The van der Waals surface area contributed by atoms with Crippen LogP contribution in [0.1, 0.15) is 20.8 Å². The monoisotopic (exact) mass is 236 g/mol. The van der Waals surface area contributed by atoms with Gasteiger partial charge in [0.1, 0.15) is 0 Å². The van der Waals surface area contributed by atoms with E-state index in [9.17, 15) is 9.59 Å². The largest absolute Gasteiger partial charge is 0.594 e. The van der Waals surface area contributed by atoms with Crippen LogP contribution in [0, 0.1) is 0 Å². The molecule has 2 N–H and O–H groups in total. The van der Waals surface area contributed by atoms with Gasteiger partial charge in [0, 0.05) is 0 Å². The zero-order valence-corrected chi connectivity index (χ0v) is 10.1. The number of hydrogen-bond donors (Lipinski definition) is 2. The maximum absolute atomic E-state index is 9.44. The zero-order chi connectivity index (χ0) is 12.4. The highest BCUT2D eigenvalue weighted by Crippen LogP contribution is 2.32. The average Bonchev–Trinajstić information content (AvgIpc) is 2.20. The first-order chi connectivity index (χ1) is 6.90. The number of amides is 2. The van der Waals surface area contributed by atoms with Crippen molar-refractivity contribution in [2.45, 2.75) is 20.8 Å². The zero-order valence-electron chi connectivity index (χ0n) is 9.17. The summed E-state index contributed by atoms with van der Waals surface area (Å²) in [4.78, 5) is 18.9. The summed E-state index contributed by atoms with van der Waals surface area (Å²) in [6.45, 7) is 6.87. The van der Waals surface area contributed by atoms with Gasteiger partial charge in [-0.1, -0.05) is 20.8 Å². The van der Waals surface area contributed by atoms with Crippen LogP contribution in [-0.2, 0) is 0 Å². The van der Waals surface area contributed by atoms with Crippen molar-refractivity contribution in [3.8, 4) is 0 Å². The van der Waals surface area contributed by atoms with Gasteiger partial charge in [0.2, 0.25) is 0 Å². The van der Waals surface area contributed by atoms with Crippen LogP contribution in [0.25, 0.3) is 5.53 Å². The SMILES string of the molecule is CCP(CC)CC.[N-]=[N+](C(=O)O)C(=O)O. The van der Waals surface area contributed by atoms with Gasteiger partial charge in [-0.2, -0.15) is 9.59 Å². The number of nitrogens with zero attached hydrogens (tertiary/aromatic N) is 2. The lowest BCUT2D eigenvalue weighted by Crippen LogP contribution is -2.20. The van der Waals surface area contributed by atoms with E-state index in [2.05, 4.69) is 20.8 Å². The molecule has 6 nitrogen and oxygen atoms in total. The first-order valence-electron chi connectivity index (χ1n) is 4.57. The van der Waals surface area contributed by atoms with Crippen LogP contribution in [0.3, 0.4) is 0 Å². The third-order valence-corrected chi connectivity index (χ3v) is 4.39. The second-order valence-electron chi connectivity index (χ2n) is 2.50. The van der Waals surface area contributed by atoms with Gasteiger partial charge >= 0.3 is 12.2 Å². The Morgan fingerprint density at radius 1 is 1.07 bits per heavy atom. The first-order valence-corrected chi connectivity index (χ1v) is 6.47. The van der Waals surface area contributed by atoms with E-state index in [1.165, 1.54) is 18.5 Å². The molecule has 0 aromatic carbocycles. The van der Waals surface area contributed by atoms with E-state index in [0.29, 0.717) is 7.92 Å². The number of hydrogen-bond acceptors (Lipinski definition) is 2. The van der Waals surface area contributed by atoms with Gasteiger partial charge in [-0.05, 0) is 18.5 Å². The van der Waals surface area contributed by atoms with Gasteiger partial charge in [0.15, 0.2) is 0 Å². The topological polar surface area (TPSA) is 99.9 Å². The fraction of sp³-hybridized carbons (Fsp3) is 0.750. The van der Waals surface area contributed by atoms with Crippen molar-refractivity contribution in [3.63, 3.8) is 0 Å². The van der Waals surface area contributed by atoms with Crippen LogP contribution in [0.5, 0.6) is 0 Å². The Balaban J connectivity index is 0. The highest BCUT2D eigenvalue weighted by atomic mass is 31.1. The first kappa shape index (κ1) is 16.4. The molecule has 0 bridgehead atoms. The summed E-state index contributed by atoms with van der Waals surface area (Å²) in [5.74, 6) is 0. The van der Waals surface area contributed by atoms with Crippen molar-refractivity contribution < 1.29 is 24.5 Å². The minimum atomic E-state index is -1.92. The van der Waals surface area contributed by atoms with E-state index in [-0.39, 0.29) is 0 Å². The van der Waals surface area contributed by atoms with E-state index in [1.54, 1.807) is 0 Å². The van der Waals surface area contributed by atoms with Crippen molar-refractivity contribution in [2.75, 3.05) is 18.5 Å². The summed E-state index contributed by atoms with van der Waals surface area (Å²) < 4.78 is -0.833. The van der Waals surface area contributed by atoms with Crippen molar-refractivity contribution in [1.82, 2.24) is 0 Å². The molecular formula is C8H17N2O4P. The molecule has 7 heteroatoms. The third kappa shape index (κ3) is 9.28. The van der Waals surface area contributed by atoms with Crippen LogP contribution in [0.4, 0.5) is 9.59 Å². The molecule has 0 spiro atoms. The summed E-state index contributed by atoms with van der Waals surface area (Å²) in [5.41, 5.74) is 7.84. The van der Waals surface area contributed by atoms with Gasteiger partial charge in [-0.15, -0.1) is 12.6 Å². The maximum Gasteiger partial charge on any atom is 0.594 e. The quantitative estimate of drug-likeness (QED) is 0.447. The second kappa shape index (κ2) is 9.52. The van der Waals surface area contributed by atoms with Crippen LogP contribution < -0.4 is 0 Å². The summed E-state index contributed by atoms with van der Waals surface area (Å²) in [7, 11) is 0.446. The highest BCUT2D eigenvalue weighted by Gasteiger charge is 2.16. The standard InChI is InChI=1S/C6H15P.C2H2N2O4/c1-4-7(5-2)6-3;3-4(1(5)6)2(7)8/h4-6H2,1-3H3;(H,5,6)(H,7,8). The predicted octanol–water partition coefficient (Wildman–Crippen LogP) is 2.90. The van der Waals surface area contributed by atoms with E-state index in [0.717, 1.165) is 0 Å². The second-order valence-corrected chi connectivity index (χ2v) is 5.74. The van der Waals surface area contributed by atoms with Gasteiger partial charge in [0.25, 0.3) is 0 Å². The Morgan fingerprint density at radius 2 is 1.33 bits per heavy atom. The van der Waals surface area contributed by atoms with Crippen LogP contribution >= 0.6 is 7.92 Å². The van der Waals surface area contributed by atoms with Crippen molar-refractivity contribution >= 4 is 20.1 Å². The third-order valence-electron chi connectivity index (χ3n) is 1.70. The Kier molecular flexibility index (Phi) is 10.4. The molecule has 0 rings (SSSR count). The van der Waals surface area contributed by atoms with Crippen molar-refractivity contribution in [3.05, 3.63) is 5.53 Å². The molecule has 0 radical (unpaired) electrons. The summed E-state index contributed by atoms with van der Waals surface area (Å²) in [6.07, 6.45) is 0.419. The lowest BCUT2D eigenvalue weighted by Gasteiger charge is -2.07. The average molecular weight is 236 g/mol. The molecule has 0 aromatic heterocycles. The summed E-state index contributed by atoms with van der Waals surface area (Å²) in [5, 5.41) is 15.3. The van der Waals surface area contributed by atoms with Crippen molar-refractivity contribution in [1.29, 1.82) is 0 Å². The minimum absolute atomic E-state index is 0.446. The van der Waals surface area contributed by atoms with E-state index < -0.39 is 16.9 Å². The lowest BCUT2D eigenvalue weighted by atomic mass is 10.9. The molecule has 2 amide bonds. The normalized spacial score (nSPS) is 9.07. The fourth-order valence-electron chi connectivity index (χ4n) is 0.753. The summed E-state index contributed by atoms with van der Waals surface area (Å²) in [6, 6.07) is 0. The minimum Gasteiger partial charge on any atom is -0.481 e. The van der Waals surface area contributed by atoms with Crippen molar-refractivity contribution in [2.24, 2.45) is 0 Å². The molecule has 0 fully saturated rings. The Labute approximate surface area is 90.2 Å². The molecule has 0 aliphatic heterocycles.